The van der Waals surface area contributed by atoms with Crippen LogP contribution in [-0.4, -0.2) is 26.6 Å². The van der Waals surface area contributed by atoms with Gasteiger partial charge in [0.1, 0.15) is 0 Å². The molecule has 84 valence electrons. The van der Waals surface area contributed by atoms with E-state index in [1.807, 2.05) is 29.9 Å². The summed E-state index contributed by atoms with van der Waals surface area (Å²) in [5.41, 5.74) is 3.89. The molecule has 5 heteroatoms. The van der Waals surface area contributed by atoms with Gasteiger partial charge in [-0.05, 0) is 12.1 Å². The van der Waals surface area contributed by atoms with Crippen LogP contribution >= 0.6 is 0 Å². The zero-order valence-electron chi connectivity index (χ0n) is 9.33. The van der Waals surface area contributed by atoms with E-state index in [1.54, 1.807) is 24.8 Å². The lowest BCUT2D eigenvalue weighted by atomic mass is 10.2. The molecule has 3 aromatic rings. The van der Waals surface area contributed by atoms with Gasteiger partial charge in [-0.3, -0.25) is 9.97 Å². The van der Waals surface area contributed by atoms with Gasteiger partial charge in [0, 0.05) is 31.2 Å². The molecule has 0 amide bonds. The minimum atomic E-state index is 0.843. The molecule has 0 saturated heterocycles. The van der Waals surface area contributed by atoms with Crippen LogP contribution in [0.15, 0.2) is 43.1 Å². The van der Waals surface area contributed by atoms with Crippen LogP contribution in [0.2, 0.25) is 0 Å². The van der Waals surface area contributed by atoms with Crippen LogP contribution in [0, 0.1) is 0 Å². The lowest BCUT2D eigenvalue weighted by Gasteiger charge is -2.01. The Morgan fingerprint density at radius 2 is 2.12 bits per heavy atom. The van der Waals surface area contributed by atoms with Crippen molar-refractivity contribution in [1.29, 1.82) is 0 Å². The van der Waals surface area contributed by atoms with E-state index >= 15 is 0 Å². The summed E-state index contributed by atoms with van der Waals surface area (Å²) in [7, 11) is 1.88. The van der Waals surface area contributed by atoms with Gasteiger partial charge < -0.3 is 5.32 Å². The summed E-state index contributed by atoms with van der Waals surface area (Å²) in [6.07, 6.45) is 8.83. The number of pyridine rings is 1. The number of anilines is 1. The van der Waals surface area contributed by atoms with Gasteiger partial charge in [0.25, 0.3) is 0 Å². The van der Waals surface area contributed by atoms with Crippen molar-refractivity contribution in [2.75, 3.05) is 12.4 Å². The van der Waals surface area contributed by atoms with Crippen LogP contribution in [0.3, 0.4) is 0 Å². The predicted octanol–water partition coefficient (Wildman–Crippen LogP) is 1.83. The van der Waals surface area contributed by atoms with Crippen molar-refractivity contribution in [3.05, 3.63) is 43.1 Å². The Morgan fingerprint density at radius 3 is 2.88 bits per heavy atom. The van der Waals surface area contributed by atoms with Crippen LogP contribution in [0.4, 0.5) is 5.69 Å². The number of nitrogens with zero attached hydrogens (tertiary/aromatic N) is 4. The number of nitrogens with one attached hydrogen (secondary N) is 1. The fourth-order valence-corrected chi connectivity index (χ4v) is 1.78. The van der Waals surface area contributed by atoms with E-state index in [9.17, 15) is 0 Å². The molecule has 0 unspecified atom stereocenters. The molecule has 0 fully saturated rings. The highest BCUT2D eigenvalue weighted by molar-refractivity contribution is 5.73. The van der Waals surface area contributed by atoms with Crippen molar-refractivity contribution in [3.63, 3.8) is 0 Å². The molecule has 0 aliphatic heterocycles. The predicted molar refractivity (Wildman–Crippen MR) is 65.8 cm³/mol. The zero-order valence-corrected chi connectivity index (χ0v) is 9.33. The van der Waals surface area contributed by atoms with E-state index in [-0.39, 0.29) is 0 Å². The van der Waals surface area contributed by atoms with Crippen molar-refractivity contribution in [1.82, 2.24) is 19.6 Å². The summed E-state index contributed by atoms with van der Waals surface area (Å²) < 4.78 is 1.83. The summed E-state index contributed by atoms with van der Waals surface area (Å²) >= 11 is 0. The molecule has 17 heavy (non-hydrogen) atoms. The monoisotopic (exact) mass is 225 g/mol. The van der Waals surface area contributed by atoms with E-state index in [2.05, 4.69) is 20.4 Å². The van der Waals surface area contributed by atoms with E-state index < -0.39 is 0 Å². The Morgan fingerprint density at radius 1 is 1.18 bits per heavy atom. The first kappa shape index (κ1) is 9.77. The molecule has 0 aromatic carbocycles. The average Bonchev–Trinajstić information content (AvgIpc) is 2.81. The first-order valence-corrected chi connectivity index (χ1v) is 5.30. The standard InChI is InChI=1S/C12H11N5/c1-13-11-7-16-17-8-9(2-3-12(11)17)10-6-14-4-5-15-10/h2-8,13H,1H3. The second kappa shape index (κ2) is 3.86. The van der Waals surface area contributed by atoms with Crippen LogP contribution in [-0.2, 0) is 0 Å². The summed E-state index contributed by atoms with van der Waals surface area (Å²) in [5.74, 6) is 0. The summed E-state index contributed by atoms with van der Waals surface area (Å²) in [4.78, 5) is 8.32. The SMILES string of the molecule is CNc1cnn2cc(-c3cnccn3)ccc12. The van der Waals surface area contributed by atoms with Crippen LogP contribution in [0.1, 0.15) is 0 Å². The molecule has 0 radical (unpaired) electrons. The van der Waals surface area contributed by atoms with Gasteiger partial charge in [0.2, 0.25) is 0 Å². The van der Waals surface area contributed by atoms with Gasteiger partial charge in [-0.1, -0.05) is 0 Å². The fourth-order valence-electron chi connectivity index (χ4n) is 1.78. The molecular weight excluding hydrogens is 214 g/mol. The highest BCUT2D eigenvalue weighted by atomic mass is 15.2. The van der Waals surface area contributed by atoms with Gasteiger partial charge in [0.15, 0.2) is 0 Å². The smallest absolute Gasteiger partial charge is 0.0900 e. The van der Waals surface area contributed by atoms with Crippen molar-refractivity contribution in [2.45, 2.75) is 0 Å². The maximum absolute atomic E-state index is 4.28. The Bertz CT molecular complexity index is 644. The summed E-state index contributed by atoms with van der Waals surface area (Å²) in [6.45, 7) is 0. The molecule has 3 rings (SSSR count). The van der Waals surface area contributed by atoms with Crippen LogP contribution in [0.5, 0.6) is 0 Å². The quantitative estimate of drug-likeness (QED) is 0.723. The summed E-state index contributed by atoms with van der Waals surface area (Å²) in [6, 6.07) is 4.03. The topological polar surface area (TPSA) is 55.1 Å². The highest BCUT2D eigenvalue weighted by Gasteiger charge is 2.04. The fraction of sp³-hybridized carbons (Fsp3) is 0.0833. The molecule has 3 aromatic heterocycles. The first-order valence-electron chi connectivity index (χ1n) is 5.30. The molecular formula is C12H11N5. The lowest BCUT2D eigenvalue weighted by Crippen LogP contribution is -1.91. The first-order chi connectivity index (χ1) is 8.38. The molecule has 1 N–H and O–H groups in total. The number of fused-ring (bicyclic) bond motifs is 1. The second-order valence-corrected chi connectivity index (χ2v) is 3.65. The maximum atomic E-state index is 4.28. The van der Waals surface area contributed by atoms with E-state index in [0.29, 0.717) is 0 Å². The van der Waals surface area contributed by atoms with Crippen molar-refractivity contribution in [3.8, 4) is 11.3 Å². The lowest BCUT2D eigenvalue weighted by molar-refractivity contribution is 0.961. The van der Waals surface area contributed by atoms with Gasteiger partial charge >= 0.3 is 0 Å². The molecule has 0 aliphatic rings. The minimum Gasteiger partial charge on any atom is -0.385 e. The molecule has 0 aliphatic carbocycles. The molecule has 0 atom stereocenters. The van der Waals surface area contributed by atoms with Crippen LogP contribution < -0.4 is 5.32 Å². The van der Waals surface area contributed by atoms with Crippen molar-refractivity contribution in [2.24, 2.45) is 0 Å². The Hall–Kier alpha value is -2.43. The van der Waals surface area contributed by atoms with Crippen molar-refractivity contribution < 1.29 is 0 Å². The molecule has 0 spiro atoms. The third-order valence-electron chi connectivity index (χ3n) is 2.64. The third-order valence-corrected chi connectivity index (χ3v) is 2.64. The Kier molecular flexibility index (Phi) is 2.22. The third kappa shape index (κ3) is 1.61. The molecule has 3 heterocycles. The van der Waals surface area contributed by atoms with E-state index in [0.717, 1.165) is 22.5 Å². The summed E-state index contributed by atoms with van der Waals surface area (Å²) in [5, 5.41) is 7.38. The molecule has 0 saturated carbocycles. The largest absolute Gasteiger partial charge is 0.385 e. The zero-order chi connectivity index (χ0) is 11.7. The number of rotatable bonds is 2. The Balaban J connectivity index is 2.15. The maximum Gasteiger partial charge on any atom is 0.0900 e. The number of hydrogen-bond acceptors (Lipinski definition) is 4. The number of hydrogen-bond donors (Lipinski definition) is 1. The van der Waals surface area contributed by atoms with E-state index in [1.165, 1.54) is 0 Å². The molecule has 5 nitrogen and oxygen atoms in total. The van der Waals surface area contributed by atoms with E-state index in [4.69, 9.17) is 0 Å². The van der Waals surface area contributed by atoms with Gasteiger partial charge in [0.05, 0.1) is 29.3 Å². The van der Waals surface area contributed by atoms with Gasteiger partial charge in [-0.25, -0.2) is 4.52 Å². The van der Waals surface area contributed by atoms with Gasteiger partial charge in [-0.15, -0.1) is 0 Å². The Labute approximate surface area is 98.1 Å². The van der Waals surface area contributed by atoms with Crippen molar-refractivity contribution >= 4 is 11.2 Å². The van der Waals surface area contributed by atoms with Gasteiger partial charge in [-0.2, -0.15) is 5.10 Å². The number of aromatic nitrogens is 4. The van der Waals surface area contributed by atoms with Crippen LogP contribution in [0.25, 0.3) is 16.8 Å². The average molecular weight is 225 g/mol. The highest BCUT2D eigenvalue weighted by Crippen LogP contribution is 2.20. The second-order valence-electron chi connectivity index (χ2n) is 3.65. The minimum absolute atomic E-state index is 0.843. The normalized spacial score (nSPS) is 10.6. The molecule has 0 bridgehead atoms.